The molecule has 30 heavy (non-hydrogen) atoms. The Morgan fingerprint density at radius 3 is 2.73 bits per heavy atom. The first-order valence-corrected chi connectivity index (χ1v) is 9.82. The number of aromatic nitrogens is 4. The van der Waals surface area contributed by atoms with Crippen LogP contribution in [0.1, 0.15) is 16.1 Å². The summed E-state index contributed by atoms with van der Waals surface area (Å²) < 4.78 is 2.43. The van der Waals surface area contributed by atoms with Crippen molar-refractivity contribution >= 4 is 39.2 Å². The number of rotatable bonds is 7. The number of nitrogens with zero attached hydrogens (tertiary/aromatic N) is 4. The number of pyridine rings is 2. The number of ketones is 1. The molecule has 0 saturated heterocycles. The molecular weight excluding hydrogens is 404 g/mol. The summed E-state index contributed by atoms with van der Waals surface area (Å²) in [7, 11) is 0. The van der Waals surface area contributed by atoms with Gasteiger partial charge in [-0.2, -0.15) is 0 Å². The topological polar surface area (TPSA) is 133 Å². The highest BCUT2D eigenvalue weighted by Crippen LogP contribution is 2.25. The Hall–Kier alpha value is -3.92. The largest absolute Gasteiger partial charge is 0.363 e. The number of Topliss-reactive ketones (excluding diaryl/α,β-unsaturated/α-hetero) is 1. The van der Waals surface area contributed by atoms with E-state index in [1.54, 1.807) is 30.6 Å². The van der Waals surface area contributed by atoms with E-state index in [2.05, 4.69) is 20.3 Å². The smallest absolute Gasteiger partial charge is 0.287 e. The number of hydrogen-bond donors (Lipinski definition) is 2. The number of nitrogens with two attached hydrogens (primary N) is 1. The summed E-state index contributed by atoms with van der Waals surface area (Å²) in [4.78, 5) is 49.4. The van der Waals surface area contributed by atoms with Crippen molar-refractivity contribution in [2.24, 2.45) is 5.73 Å². The highest BCUT2D eigenvalue weighted by molar-refractivity contribution is 7.17. The fourth-order valence-electron chi connectivity index (χ4n) is 3.04. The van der Waals surface area contributed by atoms with E-state index < -0.39 is 23.6 Å². The summed E-state index contributed by atoms with van der Waals surface area (Å²) in [6.45, 7) is 0. The van der Waals surface area contributed by atoms with Gasteiger partial charge in [0.1, 0.15) is 23.9 Å². The molecule has 0 aromatic carbocycles. The molecule has 9 nitrogen and oxygen atoms in total. The summed E-state index contributed by atoms with van der Waals surface area (Å²) in [5.41, 5.74) is 6.85. The molecule has 0 aliphatic rings. The molecule has 0 radical (unpaired) electrons. The first-order chi connectivity index (χ1) is 14.5. The van der Waals surface area contributed by atoms with Crippen LogP contribution in [0.4, 0.5) is 0 Å². The lowest BCUT2D eigenvalue weighted by Crippen LogP contribution is -2.47. The van der Waals surface area contributed by atoms with E-state index in [0.717, 1.165) is 15.8 Å². The van der Waals surface area contributed by atoms with Gasteiger partial charge in [0.25, 0.3) is 11.8 Å². The Kier molecular flexibility index (Phi) is 5.31. The number of carbonyl (C=O) groups is 3. The molecule has 0 fully saturated rings. The third-order valence-electron chi connectivity index (χ3n) is 4.46. The SMILES string of the molecule is NC(=O)C(=O)C(Cc1csc2cccnc12)NC(=O)c1cncn1-c1ccccn1. The Morgan fingerprint density at radius 2 is 1.97 bits per heavy atom. The first-order valence-electron chi connectivity index (χ1n) is 8.94. The van der Waals surface area contributed by atoms with Crippen LogP contribution in [0.5, 0.6) is 0 Å². The summed E-state index contributed by atoms with van der Waals surface area (Å²) >= 11 is 1.47. The molecule has 3 N–H and O–H groups in total. The van der Waals surface area contributed by atoms with Gasteiger partial charge in [0, 0.05) is 18.8 Å². The van der Waals surface area contributed by atoms with Crippen molar-refractivity contribution < 1.29 is 14.4 Å². The molecule has 1 atom stereocenters. The van der Waals surface area contributed by atoms with Crippen LogP contribution >= 0.6 is 11.3 Å². The first kappa shape index (κ1) is 19.4. The van der Waals surface area contributed by atoms with Gasteiger partial charge in [0.2, 0.25) is 5.78 Å². The molecule has 150 valence electrons. The molecule has 0 bridgehead atoms. The van der Waals surface area contributed by atoms with Gasteiger partial charge < -0.3 is 11.1 Å². The van der Waals surface area contributed by atoms with Crippen LogP contribution in [0.25, 0.3) is 16.0 Å². The van der Waals surface area contributed by atoms with Gasteiger partial charge in [0.05, 0.1) is 16.4 Å². The van der Waals surface area contributed by atoms with Crippen LogP contribution in [-0.4, -0.2) is 43.2 Å². The van der Waals surface area contributed by atoms with Crippen molar-refractivity contribution in [3.63, 3.8) is 0 Å². The van der Waals surface area contributed by atoms with Crippen LogP contribution in [0.3, 0.4) is 0 Å². The lowest BCUT2D eigenvalue weighted by atomic mass is 10.0. The highest BCUT2D eigenvalue weighted by Gasteiger charge is 2.28. The molecule has 4 heterocycles. The Morgan fingerprint density at radius 1 is 1.13 bits per heavy atom. The van der Waals surface area contributed by atoms with E-state index in [1.807, 2.05) is 17.5 Å². The number of thiophene rings is 1. The van der Waals surface area contributed by atoms with Crippen LogP contribution in [-0.2, 0) is 16.0 Å². The number of carbonyl (C=O) groups excluding carboxylic acids is 3. The molecule has 2 amide bonds. The van der Waals surface area contributed by atoms with Gasteiger partial charge in [-0.3, -0.25) is 23.9 Å². The van der Waals surface area contributed by atoms with E-state index in [-0.39, 0.29) is 12.1 Å². The number of nitrogens with one attached hydrogen (secondary N) is 1. The summed E-state index contributed by atoms with van der Waals surface area (Å²) in [5.74, 6) is -2.09. The van der Waals surface area contributed by atoms with Gasteiger partial charge >= 0.3 is 0 Å². The van der Waals surface area contributed by atoms with Crippen LogP contribution < -0.4 is 11.1 Å². The minimum atomic E-state index is -1.14. The minimum Gasteiger partial charge on any atom is -0.363 e. The molecule has 0 spiro atoms. The second kappa shape index (κ2) is 8.21. The molecule has 0 aliphatic heterocycles. The number of primary amides is 1. The predicted octanol–water partition coefficient (Wildman–Crippen LogP) is 1.27. The summed E-state index contributed by atoms with van der Waals surface area (Å²) in [5, 5.41) is 4.46. The Labute approximate surface area is 174 Å². The average Bonchev–Trinajstić information content (AvgIpc) is 3.41. The van der Waals surface area contributed by atoms with Crippen LogP contribution in [0.2, 0.25) is 0 Å². The fourth-order valence-corrected chi connectivity index (χ4v) is 3.97. The van der Waals surface area contributed by atoms with Gasteiger partial charge in [-0.25, -0.2) is 9.97 Å². The summed E-state index contributed by atoms with van der Waals surface area (Å²) in [6.07, 6.45) is 6.12. The van der Waals surface area contributed by atoms with Gasteiger partial charge in [-0.15, -0.1) is 11.3 Å². The van der Waals surface area contributed by atoms with E-state index >= 15 is 0 Å². The summed E-state index contributed by atoms with van der Waals surface area (Å²) in [6, 6.07) is 7.83. The lowest BCUT2D eigenvalue weighted by molar-refractivity contribution is -0.137. The third kappa shape index (κ3) is 3.80. The zero-order valence-corrected chi connectivity index (χ0v) is 16.4. The maximum Gasteiger partial charge on any atom is 0.287 e. The van der Waals surface area contributed by atoms with Crippen molar-refractivity contribution in [3.8, 4) is 5.82 Å². The second-order valence-electron chi connectivity index (χ2n) is 6.41. The second-order valence-corrected chi connectivity index (χ2v) is 7.32. The highest BCUT2D eigenvalue weighted by atomic mass is 32.1. The number of amides is 2. The normalized spacial score (nSPS) is 11.9. The molecule has 10 heteroatoms. The van der Waals surface area contributed by atoms with E-state index in [4.69, 9.17) is 5.73 Å². The molecule has 4 aromatic rings. The molecule has 4 rings (SSSR count). The van der Waals surface area contributed by atoms with Gasteiger partial charge in [0.15, 0.2) is 0 Å². The molecule has 0 aliphatic carbocycles. The number of hydrogen-bond acceptors (Lipinski definition) is 7. The monoisotopic (exact) mass is 420 g/mol. The van der Waals surface area contributed by atoms with Gasteiger partial charge in [-0.05, 0) is 35.2 Å². The lowest BCUT2D eigenvalue weighted by Gasteiger charge is -2.16. The molecule has 0 saturated carbocycles. The third-order valence-corrected chi connectivity index (χ3v) is 5.44. The standard InChI is InChI=1S/C20H16N6O3S/c21-19(28)18(27)13(8-12-10-30-15-4-3-7-24-17(12)15)25-20(29)14-9-22-11-26(14)16-5-1-2-6-23-16/h1-7,9-11,13H,8H2,(H2,21,28)(H,25,29). The van der Waals surface area contributed by atoms with Crippen LogP contribution in [0, 0.1) is 0 Å². The van der Waals surface area contributed by atoms with Crippen molar-refractivity contribution in [2.45, 2.75) is 12.5 Å². The number of fused-ring (bicyclic) bond motifs is 1. The predicted molar refractivity (Wildman–Crippen MR) is 110 cm³/mol. The van der Waals surface area contributed by atoms with Crippen molar-refractivity contribution in [2.75, 3.05) is 0 Å². The minimum absolute atomic E-state index is 0.0856. The maximum absolute atomic E-state index is 12.9. The Bertz CT molecular complexity index is 1230. The van der Waals surface area contributed by atoms with Crippen LogP contribution in [0.15, 0.2) is 60.6 Å². The fraction of sp³-hybridized carbons (Fsp3) is 0.100. The van der Waals surface area contributed by atoms with Crippen molar-refractivity contribution in [1.29, 1.82) is 0 Å². The maximum atomic E-state index is 12.9. The van der Waals surface area contributed by atoms with E-state index in [0.29, 0.717) is 5.82 Å². The molecule has 4 aromatic heterocycles. The zero-order valence-electron chi connectivity index (χ0n) is 15.6. The van der Waals surface area contributed by atoms with Crippen molar-refractivity contribution in [3.05, 3.63) is 71.9 Å². The average molecular weight is 420 g/mol. The molecule has 1 unspecified atom stereocenters. The Balaban J connectivity index is 1.62. The number of imidazole rings is 1. The van der Waals surface area contributed by atoms with Crippen molar-refractivity contribution in [1.82, 2.24) is 24.8 Å². The van der Waals surface area contributed by atoms with E-state index in [1.165, 1.54) is 28.4 Å². The van der Waals surface area contributed by atoms with E-state index in [9.17, 15) is 14.4 Å². The molecular formula is C20H16N6O3S. The zero-order chi connectivity index (χ0) is 21.1. The van der Waals surface area contributed by atoms with Gasteiger partial charge in [-0.1, -0.05) is 6.07 Å². The quantitative estimate of drug-likeness (QED) is 0.433.